The zero-order valence-corrected chi connectivity index (χ0v) is 11.0. The van der Waals surface area contributed by atoms with Crippen LogP contribution in [0.3, 0.4) is 0 Å². The molecule has 0 aliphatic carbocycles. The Balaban J connectivity index is 2.62. The molecule has 0 bridgehead atoms. The normalized spacial score (nSPS) is 10.9. The van der Waals surface area contributed by atoms with Gasteiger partial charge < -0.3 is 5.73 Å². The smallest absolute Gasteiger partial charge is 0.123 e. The molecule has 2 aromatic rings. The SMILES string of the molecule is CCc1c(C)nn(-c2ccc(F)cc2CN)c1C. The highest BCUT2D eigenvalue weighted by Gasteiger charge is 2.13. The molecule has 0 atom stereocenters. The molecule has 0 aliphatic rings. The van der Waals surface area contributed by atoms with Gasteiger partial charge in [0.2, 0.25) is 0 Å². The van der Waals surface area contributed by atoms with Crippen LogP contribution in [0.15, 0.2) is 18.2 Å². The van der Waals surface area contributed by atoms with Crippen molar-refractivity contribution in [2.24, 2.45) is 5.73 Å². The third-order valence-electron chi connectivity index (χ3n) is 3.28. The second kappa shape index (κ2) is 4.90. The lowest BCUT2D eigenvalue weighted by Crippen LogP contribution is -2.07. The standard InChI is InChI=1S/C14H18FN3/c1-4-13-9(2)17-18(10(13)3)14-6-5-12(15)7-11(14)8-16/h5-7H,4,8,16H2,1-3H3. The largest absolute Gasteiger partial charge is 0.326 e. The fourth-order valence-electron chi connectivity index (χ4n) is 2.35. The Morgan fingerprint density at radius 2 is 2.06 bits per heavy atom. The lowest BCUT2D eigenvalue weighted by molar-refractivity contribution is 0.624. The molecule has 0 radical (unpaired) electrons. The third-order valence-corrected chi connectivity index (χ3v) is 3.28. The van der Waals surface area contributed by atoms with Gasteiger partial charge in [-0.15, -0.1) is 0 Å². The van der Waals surface area contributed by atoms with Crippen LogP contribution < -0.4 is 5.73 Å². The molecule has 0 unspecified atom stereocenters. The predicted octanol–water partition coefficient (Wildman–Crippen LogP) is 2.65. The van der Waals surface area contributed by atoms with Gasteiger partial charge in [-0.3, -0.25) is 0 Å². The summed E-state index contributed by atoms with van der Waals surface area (Å²) in [5, 5.41) is 4.53. The number of aromatic nitrogens is 2. The number of aryl methyl sites for hydroxylation is 1. The number of halogens is 1. The molecule has 1 aromatic carbocycles. The Morgan fingerprint density at radius 3 is 2.61 bits per heavy atom. The van der Waals surface area contributed by atoms with E-state index in [9.17, 15) is 4.39 Å². The minimum Gasteiger partial charge on any atom is -0.326 e. The molecule has 4 heteroatoms. The van der Waals surface area contributed by atoms with Crippen molar-refractivity contribution in [2.45, 2.75) is 33.7 Å². The number of benzene rings is 1. The minimum atomic E-state index is -0.267. The van der Waals surface area contributed by atoms with Crippen molar-refractivity contribution in [1.29, 1.82) is 0 Å². The van der Waals surface area contributed by atoms with Crippen molar-refractivity contribution >= 4 is 0 Å². The maximum absolute atomic E-state index is 13.2. The molecule has 0 saturated heterocycles. The summed E-state index contributed by atoms with van der Waals surface area (Å²) in [5.74, 6) is -0.267. The first-order valence-corrected chi connectivity index (χ1v) is 6.12. The Kier molecular flexibility index (Phi) is 3.48. The number of hydrogen-bond acceptors (Lipinski definition) is 2. The van der Waals surface area contributed by atoms with E-state index in [2.05, 4.69) is 12.0 Å². The number of nitrogens with two attached hydrogens (primary N) is 1. The van der Waals surface area contributed by atoms with Gasteiger partial charge in [-0.05, 0) is 49.6 Å². The highest BCUT2D eigenvalue weighted by Crippen LogP contribution is 2.21. The average molecular weight is 247 g/mol. The van der Waals surface area contributed by atoms with Gasteiger partial charge in [-0.1, -0.05) is 6.92 Å². The Morgan fingerprint density at radius 1 is 1.33 bits per heavy atom. The Labute approximate surface area is 106 Å². The number of nitrogens with zero attached hydrogens (tertiary/aromatic N) is 2. The molecule has 3 nitrogen and oxygen atoms in total. The van der Waals surface area contributed by atoms with Gasteiger partial charge >= 0.3 is 0 Å². The van der Waals surface area contributed by atoms with E-state index in [0.717, 1.165) is 29.1 Å². The molecule has 18 heavy (non-hydrogen) atoms. The van der Waals surface area contributed by atoms with Gasteiger partial charge in [0.25, 0.3) is 0 Å². The fraction of sp³-hybridized carbons (Fsp3) is 0.357. The minimum absolute atomic E-state index is 0.267. The van der Waals surface area contributed by atoms with E-state index in [1.165, 1.54) is 17.7 Å². The quantitative estimate of drug-likeness (QED) is 0.906. The molecule has 96 valence electrons. The summed E-state index contributed by atoms with van der Waals surface area (Å²) in [4.78, 5) is 0. The van der Waals surface area contributed by atoms with E-state index < -0.39 is 0 Å². The van der Waals surface area contributed by atoms with Crippen molar-refractivity contribution in [3.05, 3.63) is 46.5 Å². The first-order chi connectivity index (χ1) is 8.58. The van der Waals surface area contributed by atoms with E-state index in [4.69, 9.17) is 5.73 Å². The van der Waals surface area contributed by atoms with E-state index in [0.29, 0.717) is 6.54 Å². The summed E-state index contributed by atoms with van der Waals surface area (Å²) in [7, 11) is 0. The second-order valence-electron chi connectivity index (χ2n) is 4.39. The molecular weight excluding hydrogens is 229 g/mol. The molecule has 1 aromatic heterocycles. The molecule has 0 aliphatic heterocycles. The number of rotatable bonds is 3. The van der Waals surface area contributed by atoms with Crippen LogP contribution in [0.1, 0.15) is 29.4 Å². The van der Waals surface area contributed by atoms with Crippen LogP contribution in [-0.2, 0) is 13.0 Å². The molecule has 1 heterocycles. The van der Waals surface area contributed by atoms with Crippen LogP contribution >= 0.6 is 0 Å². The van der Waals surface area contributed by atoms with E-state index in [1.54, 1.807) is 6.07 Å². The highest BCUT2D eigenvalue weighted by molar-refractivity contribution is 5.44. The van der Waals surface area contributed by atoms with Crippen molar-refractivity contribution in [1.82, 2.24) is 9.78 Å². The monoisotopic (exact) mass is 247 g/mol. The summed E-state index contributed by atoms with van der Waals surface area (Å²) in [6.07, 6.45) is 0.941. The molecule has 2 rings (SSSR count). The van der Waals surface area contributed by atoms with Crippen LogP contribution in [0.25, 0.3) is 5.69 Å². The fourth-order valence-corrected chi connectivity index (χ4v) is 2.35. The Bertz CT molecular complexity index is 573. The van der Waals surface area contributed by atoms with Crippen molar-refractivity contribution < 1.29 is 4.39 Å². The van der Waals surface area contributed by atoms with Crippen molar-refractivity contribution in [3.8, 4) is 5.69 Å². The van der Waals surface area contributed by atoms with Crippen LogP contribution in [-0.4, -0.2) is 9.78 Å². The maximum Gasteiger partial charge on any atom is 0.123 e. The zero-order valence-electron chi connectivity index (χ0n) is 11.0. The van der Waals surface area contributed by atoms with Gasteiger partial charge in [0.15, 0.2) is 0 Å². The lowest BCUT2D eigenvalue weighted by atomic mass is 10.1. The first kappa shape index (κ1) is 12.8. The highest BCUT2D eigenvalue weighted by atomic mass is 19.1. The van der Waals surface area contributed by atoms with E-state index >= 15 is 0 Å². The molecule has 0 saturated carbocycles. The molecule has 0 spiro atoms. The van der Waals surface area contributed by atoms with Crippen LogP contribution in [0.5, 0.6) is 0 Å². The third kappa shape index (κ3) is 2.04. The summed E-state index contributed by atoms with van der Waals surface area (Å²) < 4.78 is 15.1. The molecular formula is C14H18FN3. The number of hydrogen-bond donors (Lipinski definition) is 1. The summed E-state index contributed by atoms with van der Waals surface area (Å²) in [5.41, 5.74) is 10.7. The van der Waals surface area contributed by atoms with Crippen LogP contribution in [0.4, 0.5) is 4.39 Å². The molecule has 0 amide bonds. The molecule has 2 N–H and O–H groups in total. The second-order valence-corrected chi connectivity index (χ2v) is 4.39. The summed E-state index contributed by atoms with van der Waals surface area (Å²) >= 11 is 0. The Hall–Kier alpha value is -1.68. The zero-order chi connectivity index (χ0) is 13.3. The van der Waals surface area contributed by atoms with Gasteiger partial charge in [-0.25, -0.2) is 9.07 Å². The van der Waals surface area contributed by atoms with Crippen molar-refractivity contribution in [3.63, 3.8) is 0 Å². The predicted molar refractivity (Wildman–Crippen MR) is 70.3 cm³/mol. The van der Waals surface area contributed by atoms with Gasteiger partial charge in [0.1, 0.15) is 5.82 Å². The maximum atomic E-state index is 13.2. The first-order valence-electron chi connectivity index (χ1n) is 6.12. The summed E-state index contributed by atoms with van der Waals surface area (Å²) in [6, 6.07) is 4.64. The van der Waals surface area contributed by atoms with E-state index in [1.807, 2.05) is 18.5 Å². The molecule has 0 fully saturated rings. The van der Waals surface area contributed by atoms with Gasteiger partial charge in [0.05, 0.1) is 11.4 Å². The van der Waals surface area contributed by atoms with Crippen LogP contribution in [0, 0.1) is 19.7 Å². The van der Waals surface area contributed by atoms with Gasteiger partial charge in [0, 0.05) is 12.2 Å². The van der Waals surface area contributed by atoms with Crippen LogP contribution in [0.2, 0.25) is 0 Å². The van der Waals surface area contributed by atoms with Crippen molar-refractivity contribution in [2.75, 3.05) is 0 Å². The topological polar surface area (TPSA) is 43.8 Å². The van der Waals surface area contributed by atoms with E-state index in [-0.39, 0.29) is 5.82 Å². The lowest BCUT2D eigenvalue weighted by Gasteiger charge is -2.10. The average Bonchev–Trinajstić information content (AvgIpc) is 2.64. The van der Waals surface area contributed by atoms with Gasteiger partial charge in [-0.2, -0.15) is 5.10 Å². The summed E-state index contributed by atoms with van der Waals surface area (Å²) in [6.45, 7) is 6.43.